The summed E-state index contributed by atoms with van der Waals surface area (Å²) in [6.45, 7) is -0.0138. The van der Waals surface area contributed by atoms with Crippen LogP contribution in [0.25, 0.3) is 0 Å². The van der Waals surface area contributed by atoms with Gasteiger partial charge in [0.2, 0.25) is 0 Å². The van der Waals surface area contributed by atoms with Crippen molar-refractivity contribution in [1.29, 1.82) is 0 Å². The molecule has 1 rings (SSSR count). The largest absolute Gasteiger partial charge is 0.271 e. The summed E-state index contributed by atoms with van der Waals surface area (Å²) in [4.78, 5) is 0.173. The molecule has 1 heterocycles. The Bertz CT molecular complexity index is 372. The van der Waals surface area contributed by atoms with Crippen LogP contribution >= 0.6 is 0 Å². The molecule has 13 heavy (non-hydrogen) atoms. The van der Waals surface area contributed by atoms with E-state index >= 15 is 0 Å². The molecule has 6 heteroatoms. The van der Waals surface area contributed by atoms with E-state index in [1.54, 1.807) is 0 Å². The summed E-state index contributed by atoms with van der Waals surface area (Å²) in [6.07, 6.45) is 4.15. The number of aromatic nitrogens is 2. The minimum absolute atomic E-state index is 0.173. The standard InChI is InChI=1S/C7H11FN2O2S/c1-13(11,12)7-5-9-10(6-7)4-2-3-8/h5-6H,2-4H2,1H3. The van der Waals surface area contributed by atoms with E-state index in [9.17, 15) is 12.8 Å². The number of halogens is 1. The zero-order valence-corrected chi connectivity index (χ0v) is 8.09. The van der Waals surface area contributed by atoms with E-state index in [-0.39, 0.29) is 4.90 Å². The fraction of sp³-hybridized carbons (Fsp3) is 0.571. The van der Waals surface area contributed by atoms with Gasteiger partial charge in [-0.2, -0.15) is 5.10 Å². The molecule has 0 bridgehead atoms. The third-order valence-electron chi connectivity index (χ3n) is 1.56. The summed E-state index contributed by atoms with van der Waals surface area (Å²) in [5.41, 5.74) is 0. The Labute approximate surface area is 76.3 Å². The van der Waals surface area contributed by atoms with Crippen LogP contribution in [0.1, 0.15) is 6.42 Å². The van der Waals surface area contributed by atoms with E-state index in [1.807, 2.05) is 0 Å². The van der Waals surface area contributed by atoms with E-state index < -0.39 is 16.5 Å². The summed E-state index contributed by atoms with van der Waals surface area (Å²) < 4.78 is 35.2. The van der Waals surface area contributed by atoms with Gasteiger partial charge in [-0.25, -0.2) is 8.42 Å². The molecule has 0 aromatic carbocycles. The molecule has 0 fully saturated rings. The normalized spacial score (nSPS) is 11.8. The van der Waals surface area contributed by atoms with Gasteiger partial charge in [-0.05, 0) is 6.42 Å². The minimum Gasteiger partial charge on any atom is -0.271 e. The molecule has 74 valence electrons. The van der Waals surface area contributed by atoms with Gasteiger partial charge >= 0.3 is 0 Å². The molecule has 0 aliphatic rings. The number of hydrogen-bond acceptors (Lipinski definition) is 3. The number of aryl methyl sites for hydroxylation is 1. The Morgan fingerprint density at radius 3 is 2.77 bits per heavy atom. The second kappa shape index (κ2) is 3.87. The quantitative estimate of drug-likeness (QED) is 0.726. The van der Waals surface area contributed by atoms with E-state index in [0.29, 0.717) is 13.0 Å². The molecular formula is C7H11FN2O2S. The van der Waals surface area contributed by atoms with Crippen molar-refractivity contribution >= 4 is 9.84 Å². The average Bonchev–Trinajstić information content (AvgIpc) is 2.47. The van der Waals surface area contributed by atoms with Crippen LogP contribution in [0.4, 0.5) is 4.39 Å². The van der Waals surface area contributed by atoms with Gasteiger partial charge in [0.15, 0.2) is 9.84 Å². The third kappa shape index (κ3) is 2.80. The van der Waals surface area contributed by atoms with Crippen LogP contribution < -0.4 is 0 Å². The lowest BCUT2D eigenvalue weighted by atomic mass is 10.5. The molecule has 0 saturated carbocycles. The molecule has 1 aromatic heterocycles. The Morgan fingerprint density at radius 2 is 2.31 bits per heavy atom. The molecule has 0 N–H and O–H groups in total. The van der Waals surface area contributed by atoms with Crippen LogP contribution in [0.3, 0.4) is 0 Å². The third-order valence-corrected chi connectivity index (χ3v) is 2.63. The molecule has 0 radical (unpaired) electrons. The van der Waals surface area contributed by atoms with Crippen LogP contribution in [0, 0.1) is 0 Å². The average molecular weight is 206 g/mol. The maximum Gasteiger partial charge on any atom is 0.178 e. The minimum atomic E-state index is -3.18. The van der Waals surface area contributed by atoms with Crippen molar-refractivity contribution in [2.24, 2.45) is 0 Å². The molecule has 0 amide bonds. The second-order valence-electron chi connectivity index (χ2n) is 2.75. The van der Waals surface area contributed by atoms with Crippen molar-refractivity contribution in [2.45, 2.75) is 17.9 Å². The highest BCUT2D eigenvalue weighted by molar-refractivity contribution is 7.90. The second-order valence-corrected chi connectivity index (χ2v) is 4.77. The lowest BCUT2D eigenvalue weighted by Crippen LogP contribution is -1.99. The van der Waals surface area contributed by atoms with Crippen LogP contribution in [0.15, 0.2) is 17.3 Å². The summed E-state index contributed by atoms with van der Waals surface area (Å²) in [5.74, 6) is 0. The van der Waals surface area contributed by atoms with Crippen molar-refractivity contribution in [3.63, 3.8) is 0 Å². The molecule has 0 unspecified atom stereocenters. The Hall–Kier alpha value is -0.910. The van der Waals surface area contributed by atoms with Crippen molar-refractivity contribution in [3.05, 3.63) is 12.4 Å². The van der Waals surface area contributed by atoms with Gasteiger partial charge in [-0.15, -0.1) is 0 Å². The Balaban J connectivity index is 2.76. The van der Waals surface area contributed by atoms with Gasteiger partial charge in [0.25, 0.3) is 0 Å². The van der Waals surface area contributed by atoms with Crippen molar-refractivity contribution < 1.29 is 12.8 Å². The molecule has 4 nitrogen and oxygen atoms in total. The summed E-state index contributed by atoms with van der Waals surface area (Å²) in [5, 5.41) is 3.79. The van der Waals surface area contributed by atoms with E-state index in [0.717, 1.165) is 6.26 Å². The van der Waals surface area contributed by atoms with Gasteiger partial charge in [0.1, 0.15) is 4.90 Å². The van der Waals surface area contributed by atoms with Crippen LogP contribution in [0.2, 0.25) is 0 Å². The molecule has 0 aliphatic carbocycles. The van der Waals surface area contributed by atoms with Crippen molar-refractivity contribution in [3.8, 4) is 0 Å². The predicted octanol–water partition coefficient (Wildman–Crippen LogP) is 0.646. The van der Waals surface area contributed by atoms with Crippen molar-refractivity contribution in [1.82, 2.24) is 9.78 Å². The van der Waals surface area contributed by atoms with Crippen LogP contribution in [0.5, 0.6) is 0 Å². The fourth-order valence-corrected chi connectivity index (χ4v) is 1.43. The predicted molar refractivity (Wildman–Crippen MR) is 45.9 cm³/mol. The Morgan fingerprint density at radius 1 is 1.62 bits per heavy atom. The number of rotatable bonds is 4. The van der Waals surface area contributed by atoms with Gasteiger partial charge in [0.05, 0.1) is 12.9 Å². The van der Waals surface area contributed by atoms with Gasteiger partial charge < -0.3 is 0 Å². The Kier molecular flexibility index (Phi) is 3.02. The van der Waals surface area contributed by atoms with Crippen LogP contribution in [-0.4, -0.2) is 31.1 Å². The number of nitrogens with zero attached hydrogens (tertiary/aromatic N) is 2. The maximum absolute atomic E-state index is 11.8. The topological polar surface area (TPSA) is 52.0 Å². The molecule has 1 aromatic rings. The highest BCUT2D eigenvalue weighted by atomic mass is 32.2. The number of alkyl halides is 1. The number of sulfone groups is 1. The number of hydrogen-bond donors (Lipinski definition) is 0. The molecule has 0 aliphatic heterocycles. The van der Waals surface area contributed by atoms with Gasteiger partial charge in [-0.1, -0.05) is 0 Å². The first kappa shape index (κ1) is 10.2. The highest BCUT2D eigenvalue weighted by Gasteiger charge is 2.09. The molecular weight excluding hydrogens is 195 g/mol. The lowest BCUT2D eigenvalue weighted by molar-refractivity contribution is 0.434. The fourth-order valence-electron chi connectivity index (χ4n) is 0.880. The first-order chi connectivity index (χ1) is 6.04. The van der Waals surface area contributed by atoms with E-state index in [4.69, 9.17) is 0 Å². The maximum atomic E-state index is 11.8. The summed E-state index contributed by atoms with van der Waals surface area (Å²) in [7, 11) is -3.18. The van der Waals surface area contributed by atoms with Crippen LogP contribution in [-0.2, 0) is 16.4 Å². The summed E-state index contributed by atoms with van der Waals surface area (Å²) in [6, 6.07) is 0. The first-order valence-electron chi connectivity index (χ1n) is 3.82. The smallest absolute Gasteiger partial charge is 0.178 e. The van der Waals surface area contributed by atoms with Gasteiger partial charge in [0, 0.05) is 19.0 Å². The zero-order chi connectivity index (χ0) is 9.90. The molecule has 0 saturated heterocycles. The molecule has 0 spiro atoms. The first-order valence-corrected chi connectivity index (χ1v) is 5.71. The highest BCUT2D eigenvalue weighted by Crippen LogP contribution is 2.06. The molecule has 0 atom stereocenters. The van der Waals surface area contributed by atoms with Crippen molar-refractivity contribution in [2.75, 3.05) is 12.9 Å². The summed E-state index contributed by atoms with van der Waals surface area (Å²) >= 11 is 0. The van der Waals surface area contributed by atoms with E-state index in [1.165, 1.54) is 17.1 Å². The van der Waals surface area contributed by atoms with Gasteiger partial charge in [-0.3, -0.25) is 9.07 Å². The zero-order valence-electron chi connectivity index (χ0n) is 7.27. The SMILES string of the molecule is CS(=O)(=O)c1cnn(CCCF)c1. The monoisotopic (exact) mass is 206 g/mol. The van der Waals surface area contributed by atoms with E-state index in [2.05, 4.69) is 5.10 Å². The lowest BCUT2D eigenvalue weighted by Gasteiger charge is -1.95.